The van der Waals surface area contributed by atoms with Crippen molar-refractivity contribution in [3.63, 3.8) is 0 Å². The molecule has 0 saturated heterocycles. The monoisotopic (exact) mass is 477 g/mol. The lowest BCUT2D eigenvalue weighted by Crippen LogP contribution is -2.43. The zero-order valence-corrected chi connectivity index (χ0v) is 19.3. The van der Waals surface area contributed by atoms with Gasteiger partial charge in [-0.25, -0.2) is 9.59 Å². The van der Waals surface area contributed by atoms with Gasteiger partial charge in [0.05, 0.1) is 0 Å². The first-order chi connectivity index (χ1) is 17.6. The van der Waals surface area contributed by atoms with Crippen LogP contribution in [0.25, 0.3) is 21.7 Å². The molecule has 0 saturated carbocycles. The van der Waals surface area contributed by atoms with E-state index in [-0.39, 0.29) is 18.9 Å². The van der Waals surface area contributed by atoms with Gasteiger partial charge < -0.3 is 14.5 Å². The molecule has 5 aromatic rings. The molecular formula is C30H23NO5. The first-order valence-electron chi connectivity index (χ1n) is 11.6. The zero-order chi connectivity index (χ0) is 24.9. The number of fused-ring (bicyclic) bond motifs is 3. The Morgan fingerprint density at radius 2 is 1.53 bits per heavy atom. The van der Waals surface area contributed by atoms with Crippen LogP contribution in [0.15, 0.2) is 112 Å². The summed E-state index contributed by atoms with van der Waals surface area (Å²) in [5.74, 6) is -0.963. The second-order valence-electron chi connectivity index (χ2n) is 8.44. The minimum absolute atomic E-state index is 0.137. The Labute approximate surface area is 207 Å². The summed E-state index contributed by atoms with van der Waals surface area (Å²) < 4.78 is 11.1. The normalized spacial score (nSPS) is 11.8. The highest BCUT2D eigenvalue weighted by molar-refractivity contribution is 6.07. The van der Waals surface area contributed by atoms with Crippen molar-refractivity contribution in [2.75, 3.05) is 0 Å². The number of hydrogen-bond acceptors (Lipinski definition) is 5. The predicted octanol–water partition coefficient (Wildman–Crippen LogP) is 5.03. The number of carbonyl (C=O) groups is 2. The van der Waals surface area contributed by atoms with Gasteiger partial charge in [0, 0.05) is 29.0 Å². The molecule has 36 heavy (non-hydrogen) atoms. The van der Waals surface area contributed by atoms with Crippen molar-refractivity contribution in [1.29, 1.82) is 0 Å². The van der Waals surface area contributed by atoms with Gasteiger partial charge in [-0.1, -0.05) is 78.9 Å². The van der Waals surface area contributed by atoms with Crippen molar-refractivity contribution in [2.24, 2.45) is 0 Å². The van der Waals surface area contributed by atoms with Gasteiger partial charge in [-0.3, -0.25) is 4.79 Å². The Balaban J connectivity index is 1.42. The lowest BCUT2D eigenvalue weighted by Gasteiger charge is -2.18. The zero-order valence-electron chi connectivity index (χ0n) is 19.3. The average Bonchev–Trinajstić information content (AvgIpc) is 2.91. The Morgan fingerprint density at radius 1 is 0.833 bits per heavy atom. The van der Waals surface area contributed by atoms with Crippen LogP contribution >= 0.6 is 0 Å². The van der Waals surface area contributed by atoms with Gasteiger partial charge in [0.15, 0.2) is 0 Å². The van der Waals surface area contributed by atoms with Crippen LogP contribution in [0.2, 0.25) is 0 Å². The fourth-order valence-corrected chi connectivity index (χ4v) is 4.26. The quantitative estimate of drug-likeness (QED) is 0.202. The van der Waals surface area contributed by atoms with Crippen molar-refractivity contribution in [1.82, 2.24) is 5.32 Å². The summed E-state index contributed by atoms with van der Waals surface area (Å²) in [5, 5.41) is 5.39. The van der Waals surface area contributed by atoms with Crippen LogP contribution in [0.1, 0.15) is 21.5 Å². The molecule has 178 valence electrons. The number of carbonyl (C=O) groups excluding carboxylic acids is 2. The van der Waals surface area contributed by atoms with Crippen LogP contribution in [0.4, 0.5) is 0 Å². The molecule has 0 spiro atoms. The third-order valence-electron chi connectivity index (χ3n) is 5.99. The summed E-state index contributed by atoms with van der Waals surface area (Å²) in [6, 6.07) is 29.9. The average molecular weight is 478 g/mol. The number of rotatable bonds is 7. The molecule has 1 heterocycles. The predicted molar refractivity (Wildman–Crippen MR) is 138 cm³/mol. The summed E-state index contributed by atoms with van der Waals surface area (Å²) >= 11 is 0. The first kappa shape index (κ1) is 23.1. The van der Waals surface area contributed by atoms with Gasteiger partial charge in [-0.15, -0.1) is 0 Å². The van der Waals surface area contributed by atoms with Crippen molar-refractivity contribution in [3.05, 3.63) is 130 Å². The molecule has 1 aromatic heterocycles. The second kappa shape index (κ2) is 10.3. The number of hydrogen-bond donors (Lipinski definition) is 1. The molecule has 0 radical (unpaired) electrons. The Hall–Kier alpha value is -4.71. The van der Waals surface area contributed by atoms with Crippen molar-refractivity contribution in [3.8, 4) is 0 Å². The van der Waals surface area contributed by atoms with E-state index in [0.717, 1.165) is 16.3 Å². The number of nitrogens with one attached hydrogen (secondary N) is 1. The molecule has 1 N–H and O–H groups in total. The third-order valence-corrected chi connectivity index (χ3v) is 5.99. The largest absolute Gasteiger partial charge is 0.459 e. The minimum atomic E-state index is -0.914. The summed E-state index contributed by atoms with van der Waals surface area (Å²) in [5.41, 5.74) is 1.76. The SMILES string of the molecule is O=C(N[C@@H](Cc1ccccc1)C(=O)OCc1cc(=O)oc2ccc3ccccc3c12)c1ccccc1. The maximum absolute atomic E-state index is 13.2. The molecular weight excluding hydrogens is 454 g/mol. The molecule has 1 amide bonds. The van der Waals surface area contributed by atoms with Crippen LogP contribution in [-0.4, -0.2) is 17.9 Å². The molecule has 0 unspecified atom stereocenters. The standard InChI is InChI=1S/C30H23NO5/c32-27-18-23(28-24-14-8-7-11-21(24)15-16-26(28)36-27)19-35-30(34)25(17-20-9-3-1-4-10-20)31-29(33)22-12-5-2-6-13-22/h1-16,18,25H,17,19H2,(H,31,33)/t25-/m0/s1. The Bertz CT molecular complexity index is 1590. The first-order valence-corrected chi connectivity index (χ1v) is 11.6. The van der Waals surface area contributed by atoms with Gasteiger partial charge in [-0.05, 0) is 34.5 Å². The highest BCUT2D eigenvalue weighted by Crippen LogP contribution is 2.27. The summed E-state index contributed by atoms with van der Waals surface area (Å²) in [7, 11) is 0. The van der Waals surface area contributed by atoms with Crippen LogP contribution in [0, 0.1) is 0 Å². The highest BCUT2D eigenvalue weighted by atomic mass is 16.5. The van der Waals surface area contributed by atoms with E-state index < -0.39 is 17.6 Å². The number of esters is 1. The van der Waals surface area contributed by atoms with E-state index in [0.29, 0.717) is 22.1 Å². The van der Waals surface area contributed by atoms with E-state index in [9.17, 15) is 14.4 Å². The van der Waals surface area contributed by atoms with Gasteiger partial charge >= 0.3 is 11.6 Å². The van der Waals surface area contributed by atoms with E-state index >= 15 is 0 Å². The third kappa shape index (κ3) is 5.03. The van der Waals surface area contributed by atoms with Crippen LogP contribution in [-0.2, 0) is 22.6 Å². The number of amides is 1. The molecule has 0 aliphatic carbocycles. The molecule has 4 aromatic carbocycles. The van der Waals surface area contributed by atoms with E-state index in [2.05, 4.69) is 5.32 Å². The van der Waals surface area contributed by atoms with Crippen molar-refractivity contribution < 1.29 is 18.7 Å². The lowest BCUT2D eigenvalue weighted by molar-refractivity contribution is -0.147. The summed E-state index contributed by atoms with van der Waals surface area (Å²) in [6.45, 7) is -0.137. The Morgan fingerprint density at radius 3 is 2.31 bits per heavy atom. The lowest BCUT2D eigenvalue weighted by atomic mass is 10.0. The van der Waals surface area contributed by atoms with E-state index in [1.54, 1.807) is 30.3 Å². The Kier molecular flexibility index (Phi) is 6.58. The van der Waals surface area contributed by atoms with Gasteiger partial charge in [0.25, 0.3) is 5.91 Å². The van der Waals surface area contributed by atoms with Gasteiger partial charge in [0.2, 0.25) is 0 Å². The minimum Gasteiger partial charge on any atom is -0.459 e. The maximum atomic E-state index is 13.2. The van der Waals surface area contributed by atoms with E-state index in [4.69, 9.17) is 9.15 Å². The fourth-order valence-electron chi connectivity index (χ4n) is 4.26. The molecule has 5 rings (SSSR count). The molecule has 0 bridgehead atoms. The fraction of sp³-hybridized carbons (Fsp3) is 0.100. The van der Waals surface area contributed by atoms with E-state index in [1.165, 1.54) is 6.07 Å². The van der Waals surface area contributed by atoms with Crippen LogP contribution < -0.4 is 10.9 Å². The molecule has 0 aliphatic heterocycles. The van der Waals surface area contributed by atoms with Crippen LogP contribution in [0.5, 0.6) is 0 Å². The maximum Gasteiger partial charge on any atom is 0.336 e. The summed E-state index contributed by atoms with van der Waals surface area (Å²) in [6.07, 6.45) is 0.263. The van der Waals surface area contributed by atoms with Crippen LogP contribution in [0.3, 0.4) is 0 Å². The van der Waals surface area contributed by atoms with Gasteiger partial charge in [0.1, 0.15) is 18.2 Å². The van der Waals surface area contributed by atoms with E-state index in [1.807, 2.05) is 66.7 Å². The molecule has 0 aliphatic rings. The molecule has 6 heteroatoms. The second-order valence-corrected chi connectivity index (χ2v) is 8.44. The highest BCUT2D eigenvalue weighted by Gasteiger charge is 2.24. The molecule has 1 atom stereocenters. The molecule has 0 fully saturated rings. The summed E-state index contributed by atoms with van der Waals surface area (Å²) in [4.78, 5) is 38.2. The van der Waals surface area contributed by atoms with Crippen molar-refractivity contribution in [2.45, 2.75) is 19.1 Å². The van der Waals surface area contributed by atoms with Crippen molar-refractivity contribution >= 4 is 33.6 Å². The number of ether oxygens (including phenoxy) is 1. The topological polar surface area (TPSA) is 85.6 Å². The molecule has 6 nitrogen and oxygen atoms in total. The van der Waals surface area contributed by atoms with Gasteiger partial charge in [-0.2, -0.15) is 0 Å². The number of benzene rings is 4. The smallest absolute Gasteiger partial charge is 0.336 e.